The monoisotopic (exact) mass is 349 g/mol. The number of anilines is 1. The molecule has 4 rings (SSSR count). The van der Waals surface area contributed by atoms with E-state index >= 15 is 0 Å². The van der Waals surface area contributed by atoms with Crippen molar-refractivity contribution < 1.29 is 13.9 Å². The van der Waals surface area contributed by atoms with Crippen LogP contribution in [0.4, 0.5) is 15.1 Å². The molecule has 136 valence electrons. The average Bonchev–Trinajstić information content (AvgIpc) is 3.12. The largest absolute Gasteiger partial charge is 0.442 e. The quantitative estimate of drug-likeness (QED) is 0.824. The number of hydrogen-bond donors (Lipinski definition) is 0. The molecule has 3 fully saturated rings. The Labute approximate surface area is 146 Å². The van der Waals surface area contributed by atoms with E-state index < -0.39 is 5.82 Å². The zero-order valence-corrected chi connectivity index (χ0v) is 14.6. The van der Waals surface area contributed by atoms with E-state index in [9.17, 15) is 9.18 Å². The third-order valence-electron chi connectivity index (χ3n) is 5.57. The normalized spacial score (nSPS) is 27.9. The van der Waals surface area contributed by atoms with Gasteiger partial charge < -0.3 is 14.5 Å². The predicted octanol–water partition coefficient (Wildman–Crippen LogP) is 1.50. The number of likely N-dealkylation sites (tertiary alicyclic amines) is 1. The number of halogens is 1. The fourth-order valence-corrected chi connectivity index (χ4v) is 4.20. The van der Waals surface area contributed by atoms with Crippen molar-refractivity contribution in [3.05, 3.63) is 18.2 Å². The number of carbonyl (C=O) groups is 1. The van der Waals surface area contributed by atoms with Crippen LogP contribution in [0, 0.1) is 5.82 Å². The minimum Gasteiger partial charge on any atom is -0.442 e. The number of piperidine rings is 1. The van der Waals surface area contributed by atoms with Gasteiger partial charge in [0.15, 0.2) is 5.82 Å². The molecule has 0 aliphatic carbocycles. The highest BCUT2D eigenvalue weighted by molar-refractivity contribution is 5.72. The molecule has 1 amide bonds. The highest BCUT2D eigenvalue weighted by Crippen LogP contribution is 2.33. The maximum Gasteiger partial charge on any atom is 0.410 e. The molecule has 0 bridgehead atoms. The van der Waals surface area contributed by atoms with Crippen molar-refractivity contribution in [2.75, 3.05) is 31.1 Å². The van der Waals surface area contributed by atoms with E-state index in [0.29, 0.717) is 25.1 Å². The SMILES string of the molecule is CC(C)N1CCC(N2C(=O)O[C@H]3CN(c4ncc(F)cn4)C[C@H]32)CC1. The molecule has 4 heterocycles. The van der Waals surface area contributed by atoms with Crippen LogP contribution < -0.4 is 4.90 Å². The molecule has 7 nitrogen and oxygen atoms in total. The van der Waals surface area contributed by atoms with Gasteiger partial charge in [-0.05, 0) is 26.7 Å². The molecular weight excluding hydrogens is 325 g/mol. The van der Waals surface area contributed by atoms with Gasteiger partial charge in [0.05, 0.1) is 25.0 Å². The maximum atomic E-state index is 13.0. The average molecular weight is 349 g/mol. The molecule has 1 aromatic heterocycles. The fraction of sp³-hybridized carbons (Fsp3) is 0.706. The lowest BCUT2D eigenvalue weighted by molar-refractivity contribution is 0.0946. The fourth-order valence-electron chi connectivity index (χ4n) is 4.20. The first-order valence-electron chi connectivity index (χ1n) is 8.98. The second-order valence-electron chi connectivity index (χ2n) is 7.36. The molecule has 3 aliphatic heterocycles. The molecule has 2 atom stereocenters. The van der Waals surface area contributed by atoms with Gasteiger partial charge in [0, 0.05) is 31.7 Å². The van der Waals surface area contributed by atoms with Crippen LogP contribution in [-0.4, -0.2) is 76.3 Å². The Morgan fingerprint density at radius 1 is 1.20 bits per heavy atom. The third kappa shape index (κ3) is 3.03. The van der Waals surface area contributed by atoms with Crippen molar-refractivity contribution >= 4 is 12.0 Å². The Balaban J connectivity index is 1.44. The number of nitrogens with zero attached hydrogens (tertiary/aromatic N) is 5. The van der Waals surface area contributed by atoms with Crippen LogP contribution in [0.25, 0.3) is 0 Å². The van der Waals surface area contributed by atoms with E-state index in [1.54, 1.807) is 0 Å². The van der Waals surface area contributed by atoms with Crippen LogP contribution in [0.5, 0.6) is 0 Å². The summed E-state index contributed by atoms with van der Waals surface area (Å²) in [5.74, 6) is 0.0366. The van der Waals surface area contributed by atoms with Crippen molar-refractivity contribution in [3.8, 4) is 0 Å². The van der Waals surface area contributed by atoms with E-state index in [-0.39, 0.29) is 24.3 Å². The Morgan fingerprint density at radius 3 is 2.52 bits per heavy atom. The molecule has 25 heavy (non-hydrogen) atoms. The van der Waals surface area contributed by atoms with Crippen LogP contribution >= 0.6 is 0 Å². The summed E-state index contributed by atoms with van der Waals surface area (Å²) in [6.45, 7) is 7.62. The van der Waals surface area contributed by atoms with Crippen LogP contribution in [0.2, 0.25) is 0 Å². The van der Waals surface area contributed by atoms with Gasteiger partial charge in [-0.15, -0.1) is 0 Å². The number of rotatable bonds is 3. The summed E-state index contributed by atoms with van der Waals surface area (Å²) in [7, 11) is 0. The molecule has 0 N–H and O–H groups in total. The Morgan fingerprint density at radius 2 is 1.88 bits per heavy atom. The van der Waals surface area contributed by atoms with Crippen LogP contribution in [0.1, 0.15) is 26.7 Å². The molecule has 0 radical (unpaired) electrons. The van der Waals surface area contributed by atoms with Gasteiger partial charge in [-0.25, -0.2) is 19.2 Å². The smallest absolute Gasteiger partial charge is 0.410 e. The summed E-state index contributed by atoms with van der Waals surface area (Å²) in [6.07, 6.45) is 3.93. The summed E-state index contributed by atoms with van der Waals surface area (Å²) in [4.78, 5) is 26.8. The minimum atomic E-state index is -0.451. The van der Waals surface area contributed by atoms with Gasteiger partial charge >= 0.3 is 6.09 Å². The van der Waals surface area contributed by atoms with Crippen LogP contribution in [0.3, 0.4) is 0 Å². The second kappa shape index (κ2) is 6.40. The van der Waals surface area contributed by atoms with Crippen molar-refractivity contribution in [2.24, 2.45) is 0 Å². The topological polar surface area (TPSA) is 61.8 Å². The van der Waals surface area contributed by atoms with Gasteiger partial charge in [-0.1, -0.05) is 0 Å². The van der Waals surface area contributed by atoms with Crippen molar-refractivity contribution in [1.29, 1.82) is 0 Å². The number of amides is 1. The summed E-state index contributed by atoms with van der Waals surface area (Å²) < 4.78 is 18.6. The molecule has 0 aromatic carbocycles. The van der Waals surface area contributed by atoms with Crippen molar-refractivity contribution in [3.63, 3.8) is 0 Å². The Bertz CT molecular complexity index is 632. The summed E-state index contributed by atoms with van der Waals surface area (Å²) in [5, 5.41) is 0. The number of aromatic nitrogens is 2. The first-order chi connectivity index (χ1) is 12.0. The van der Waals surface area contributed by atoms with E-state index in [1.807, 2.05) is 9.80 Å². The first-order valence-corrected chi connectivity index (χ1v) is 8.98. The first kappa shape index (κ1) is 16.5. The number of fused-ring (bicyclic) bond motifs is 1. The van der Waals surface area contributed by atoms with E-state index in [2.05, 4.69) is 28.7 Å². The number of carbonyl (C=O) groups excluding carboxylic acids is 1. The highest BCUT2D eigenvalue weighted by Gasteiger charge is 2.50. The second-order valence-corrected chi connectivity index (χ2v) is 7.36. The van der Waals surface area contributed by atoms with E-state index in [0.717, 1.165) is 25.9 Å². The van der Waals surface area contributed by atoms with Gasteiger partial charge in [-0.3, -0.25) is 4.90 Å². The highest BCUT2D eigenvalue weighted by atomic mass is 19.1. The zero-order chi connectivity index (χ0) is 17.6. The predicted molar refractivity (Wildman–Crippen MR) is 89.8 cm³/mol. The molecule has 0 unspecified atom stereocenters. The summed E-state index contributed by atoms with van der Waals surface area (Å²) in [6, 6.07) is 0.792. The lowest BCUT2D eigenvalue weighted by Gasteiger charge is -2.39. The number of hydrogen-bond acceptors (Lipinski definition) is 6. The molecule has 0 saturated carbocycles. The van der Waals surface area contributed by atoms with Crippen molar-refractivity contribution in [2.45, 2.75) is 50.9 Å². The molecule has 0 spiro atoms. The molecule has 8 heteroatoms. The van der Waals surface area contributed by atoms with Crippen LogP contribution in [-0.2, 0) is 4.74 Å². The minimum absolute atomic E-state index is 0.0248. The summed E-state index contributed by atoms with van der Waals surface area (Å²) in [5.41, 5.74) is 0. The molecule has 3 aliphatic rings. The molecule has 3 saturated heterocycles. The maximum absolute atomic E-state index is 13.0. The number of ether oxygens (including phenoxy) is 1. The van der Waals surface area contributed by atoms with Gasteiger partial charge in [0.1, 0.15) is 6.10 Å². The zero-order valence-electron chi connectivity index (χ0n) is 14.6. The van der Waals surface area contributed by atoms with Gasteiger partial charge in [0.2, 0.25) is 5.95 Å². The third-order valence-corrected chi connectivity index (χ3v) is 5.57. The Kier molecular flexibility index (Phi) is 4.23. The van der Waals surface area contributed by atoms with Crippen LogP contribution in [0.15, 0.2) is 12.4 Å². The lowest BCUT2D eigenvalue weighted by Crippen LogP contribution is -2.51. The lowest BCUT2D eigenvalue weighted by atomic mass is 10.0. The Hall–Kier alpha value is -1.96. The van der Waals surface area contributed by atoms with Gasteiger partial charge in [-0.2, -0.15) is 0 Å². The van der Waals surface area contributed by atoms with Gasteiger partial charge in [0.25, 0.3) is 0 Å². The summed E-state index contributed by atoms with van der Waals surface area (Å²) >= 11 is 0. The van der Waals surface area contributed by atoms with E-state index in [4.69, 9.17) is 4.74 Å². The standard InChI is InChI=1S/C17H24FN5O2/c1-11(2)21-5-3-13(4-6-21)23-14-9-22(10-15(14)25-17(23)24)16-19-7-12(18)8-20-16/h7-8,11,13-15H,3-6,9-10H2,1-2H3/t14-,15+/m1/s1. The molecule has 1 aromatic rings. The molecular formula is C17H24FN5O2. The van der Waals surface area contributed by atoms with E-state index in [1.165, 1.54) is 12.4 Å². The van der Waals surface area contributed by atoms with Crippen molar-refractivity contribution in [1.82, 2.24) is 19.8 Å².